The van der Waals surface area contributed by atoms with Crippen molar-refractivity contribution in [3.8, 4) is 5.75 Å². The number of fused-ring (bicyclic) bond motifs is 1. The maximum atomic E-state index is 12.6. The van der Waals surface area contributed by atoms with Crippen molar-refractivity contribution in [2.45, 2.75) is 52.4 Å². The number of carbonyl (C=O) groups excluding carboxylic acids is 3. The number of esters is 2. The molecule has 0 saturated carbocycles. The van der Waals surface area contributed by atoms with Crippen molar-refractivity contribution in [1.29, 1.82) is 0 Å². The molecule has 3 rings (SSSR count). The lowest BCUT2D eigenvalue weighted by atomic mass is 10.0. The molecule has 0 aliphatic heterocycles. The number of rotatable bonds is 6. The van der Waals surface area contributed by atoms with E-state index in [4.69, 9.17) is 14.2 Å². The number of hydrogen-bond acceptors (Lipinski definition) is 6. The average molecular weight is 396 g/mol. The van der Waals surface area contributed by atoms with E-state index in [9.17, 15) is 14.4 Å². The first-order valence-electron chi connectivity index (χ1n) is 9.49. The predicted molar refractivity (Wildman–Crippen MR) is 105 cm³/mol. The van der Waals surface area contributed by atoms with Crippen LogP contribution in [0.15, 0.2) is 42.5 Å². The zero-order valence-electron chi connectivity index (χ0n) is 17.0. The minimum Gasteiger partial charge on any atom is -0.461 e. The Labute approximate surface area is 169 Å². The van der Waals surface area contributed by atoms with E-state index in [0.717, 1.165) is 5.56 Å². The van der Waals surface area contributed by atoms with Gasteiger partial charge in [-0.05, 0) is 17.5 Å². The van der Waals surface area contributed by atoms with E-state index in [1.165, 1.54) is 13.8 Å². The summed E-state index contributed by atoms with van der Waals surface area (Å²) in [5.41, 5.74) is 2.60. The Hall–Kier alpha value is -3.15. The summed E-state index contributed by atoms with van der Waals surface area (Å²) in [6.45, 7) is 6.70. The zero-order valence-corrected chi connectivity index (χ0v) is 17.0. The summed E-state index contributed by atoms with van der Waals surface area (Å²) in [7, 11) is 0. The lowest BCUT2D eigenvalue weighted by Crippen LogP contribution is -2.36. The fourth-order valence-electron chi connectivity index (χ4n) is 3.40. The fourth-order valence-corrected chi connectivity index (χ4v) is 3.40. The van der Waals surface area contributed by atoms with Crippen molar-refractivity contribution in [2.75, 3.05) is 0 Å². The molecule has 0 radical (unpaired) electrons. The van der Waals surface area contributed by atoms with Crippen molar-refractivity contribution in [1.82, 2.24) is 0 Å². The van der Waals surface area contributed by atoms with Gasteiger partial charge in [0.1, 0.15) is 12.4 Å². The summed E-state index contributed by atoms with van der Waals surface area (Å²) in [5.74, 6) is -2.06. The van der Waals surface area contributed by atoms with Crippen molar-refractivity contribution in [3.63, 3.8) is 0 Å². The van der Waals surface area contributed by atoms with Gasteiger partial charge in [-0.1, -0.05) is 50.2 Å². The van der Waals surface area contributed by atoms with Gasteiger partial charge in [0.15, 0.2) is 5.78 Å². The Bertz CT molecular complexity index is 958. The molecule has 0 heterocycles. The highest BCUT2D eigenvalue weighted by Gasteiger charge is 2.49. The van der Waals surface area contributed by atoms with Crippen LogP contribution in [0.3, 0.4) is 0 Å². The molecule has 6 nitrogen and oxygen atoms in total. The molecule has 2 aromatic rings. The Morgan fingerprint density at radius 1 is 1.07 bits per heavy atom. The van der Waals surface area contributed by atoms with Gasteiger partial charge in [-0.3, -0.25) is 14.4 Å². The highest BCUT2D eigenvalue weighted by molar-refractivity contribution is 6.01. The van der Waals surface area contributed by atoms with Crippen molar-refractivity contribution in [2.24, 2.45) is 0 Å². The first kappa shape index (κ1) is 20.6. The van der Waals surface area contributed by atoms with Crippen LogP contribution < -0.4 is 4.74 Å². The number of hydrogen-bond donors (Lipinski definition) is 0. The molecule has 6 heteroatoms. The number of Topliss-reactive ketones (excluding diaryl/α,β-unsaturated/α-hetero) is 1. The van der Waals surface area contributed by atoms with Gasteiger partial charge in [-0.2, -0.15) is 0 Å². The quantitative estimate of drug-likeness (QED) is 0.536. The van der Waals surface area contributed by atoms with Gasteiger partial charge in [-0.15, -0.1) is 0 Å². The van der Waals surface area contributed by atoms with Crippen molar-refractivity contribution < 1.29 is 28.6 Å². The maximum absolute atomic E-state index is 12.6. The second kappa shape index (κ2) is 8.07. The molecule has 1 unspecified atom stereocenters. The van der Waals surface area contributed by atoms with Crippen LogP contribution in [0.4, 0.5) is 0 Å². The average Bonchev–Trinajstić information content (AvgIpc) is 2.92. The highest BCUT2D eigenvalue weighted by Crippen LogP contribution is 2.43. The van der Waals surface area contributed by atoms with Gasteiger partial charge >= 0.3 is 11.9 Å². The molecule has 2 aromatic carbocycles. The molecule has 0 amide bonds. The molecule has 0 fully saturated rings. The van der Waals surface area contributed by atoms with E-state index < -0.39 is 17.7 Å². The summed E-state index contributed by atoms with van der Waals surface area (Å²) < 4.78 is 17.0. The Morgan fingerprint density at radius 2 is 1.79 bits per heavy atom. The number of ether oxygens (including phenoxy) is 3. The van der Waals surface area contributed by atoms with Crippen LogP contribution in [0.2, 0.25) is 0 Å². The number of carbonyl (C=O) groups is 3. The van der Waals surface area contributed by atoms with Gasteiger partial charge in [-0.25, -0.2) is 0 Å². The van der Waals surface area contributed by atoms with E-state index in [0.29, 0.717) is 22.4 Å². The maximum Gasteiger partial charge on any atom is 0.306 e. The van der Waals surface area contributed by atoms with Crippen molar-refractivity contribution in [3.05, 3.63) is 64.7 Å². The number of benzene rings is 2. The van der Waals surface area contributed by atoms with E-state index >= 15 is 0 Å². The van der Waals surface area contributed by atoms with Crippen LogP contribution in [0.1, 0.15) is 67.1 Å². The summed E-state index contributed by atoms with van der Waals surface area (Å²) in [4.78, 5) is 35.8. The minimum atomic E-state index is -1.56. The topological polar surface area (TPSA) is 78.9 Å². The van der Waals surface area contributed by atoms with Crippen LogP contribution in [-0.2, 0) is 31.5 Å². The van der Waals surface area contributed by atoms with Gasteiger partial charge in [0, 0.05) is 30.5 Å². The number of ketones is 1. The van der Waals surface area contributed by atoms with E-state index in [1.807, 2.05) is 32.0 Å². The standard InChI is InChI=1S/C23H24O6/c1-14(2)17-9-10-18(13-27-15(3)24)22(11-17)29-23(28-16(4)25)12-21(26)19-7-5-6-8-20(19)23/h5-11,14H,12-13H2,1-4H3. The molecule has 0 spiro atoms. The Balaban J connectivity index is 2.08. The zero-order chi connectivity index (χ0) is 21.2. The third-order valence-electron chi connectivity index (χ3n) is 4.80. The largest absolute Gasteiger partial charge is 0.461 e. The predicted octanol–water partition coefficient (Wildman–Crippen LogP) is 4.25. The van der Waals surface area contributed by atoms with Crippen molar-refractivity contribution >= 4 is 17.7 Å². The third kappa shape index (κ3) is 4.31. The van der Waals surface area contributed by atoms with Crippen LogP contribution in [0, 0.1) is 0 Å². The van der Waals surface area contributed by atoms with Gasteiger partial charge in [0.05, 0.1) is 6.42 Å². The molecule has 152 valence electrons. The molecule has 29 heavy (non-hydrogen) atoms. The molecule has 1 aliphatic carbocycles. The summed E-state index contributed by atoms with van der Waals surface area (Å²) in [5, 5.41) is 0. The van der Waals surface area contributed by atoms with Crippen LogP contribution in [-0.4, -0.2) is 17.7 Å². The normalized spacial score (nSPS) is 17.8. The molecule has 0 saturated heterocycles. The monoisotopic (exact) mass is 396 g/mol. The summed E-state index contributed by atoms with van der Waals surface area (Å²) >= 11 is 0. The van der Waals surface area contributed by atoms with Crippen LogP contribution >= 0.6 is 0 Å². The lowest BCUT2D eigenvalue weighted by Gasteiger charge is -2.31. The van der Waals surface area contributed by atoms with Crippen LogP contribution in [0.25, 0.3) is 0 Å². The second-order valence-corrected chi connectivity index (χ2v) is 7.40. The first-order valence-corrected chi connectivity index (χ1v) is 9.49. The van der Waals surface area contributed by atoms with Gasteiger partial charge in [0.25, 0.3) is 5.79 Å². The van der Waals surface area contributed by atoms with E-state index in [1.54, 1.807) is 24.3 Å². The molecule has 0 aromatic heterocycles. The molecule has 0 bridgehead atoms. The lowest BCUT2D eigenvalue weighted by molar-refractivity contribution is -0.197. The smallest absolute Gasteiger partial charge is 0.306 e. The Kier molecular flexibility index (Phi) is 5.73. The van der Waals surface area contributed by atoms with Gasteiger partial charge < -0.3 is 14.2 Å². The van der Waals surface area contributed by atoms with E-state index in [-0.39, 0.29) is 24.7 Å². The molecule has 1 aliphatic rings. The minimum absolute atomic E-state index is 0.00872. The highest BCUT2D eigenvalue weighted by atomic mass is 16.7. The molecular formula is C23H24O6. The summed E-state index contributed by atoms with van der Waals surface area (Å²) in [6.07, 6.45) is -0.120. The summed E-state index contributed by atoms with van der Waals surface area (Å²) in [6, 6.07) is 12.5. The first-order chi connectivity index (χ1) is 13.7. The third-order valence-corrected chi connectivity index (χ3v) is 4.80. The second-order valence-electron chi connectivity index (χ2n) is 7.40. The Morgan fingerprint density at radius 3 is 2.45 bits per heavy atom. The van der Waals surface area contributed by atoms with E-state index in [2.05, 4.69) is 0 Å². The molecular weight excluding hydrogens is 372 g/mol. The van der Waals surface area contributed by atoms with Gasteiger partial charge in [0.2, 0.25) is 0 Å². The SMILES string of the molecule is CC(=O)OCc1ccc(C(C)C)cc1OC1(OC(C)=O)CC(=O)c2ccccc21. The molecule has 0 N–H and O–H groups in total. The van der Waals surface area contributed by atoms with Crippen LogP contribution in [0.5, 0.6) is 5.75 Å². The fraction of sp³-hybridized carbons (Fsp3) is 0.348. The molecule has 1 atom stereocenters.